The van der Waals surface area contributed by atoms with Gasteiger partial charge in [0.05, 0.1) is 17.8 Å². The van der Waals surface area contributed by atoms with Crippen molar-refractivity contribution in [1.29, 1.82) is 0 Å². The van der Waals surface area contributed by atoms with Crippen molar-refractivity contribution in [3.63, 3.8) is 0 Å². The minimum atomic E-state index is -1.05. The second-order valence-corrected chi connectivity index (χ2v) is 5.82. The number of carboxylic acids is 1. The first-order valence-electron chi connectivity index (χ1n) is 7.17. The maximum atomic E-state index is 12.1. The van der Waals surface area contributed by atoms with Crippen LogP contribution in [0.4, 0.5) is 5.69 Å². The maximum absolute atomic E-state index is 12.1. The van der Waals surface area contributed by atoms with Crippen LogP contribution >= 0.6 is 0 Å². The minimum absolute atomic E-state index is 0.103. The summed E-state index contributed by atoms with van der Waals surface area (Å²) in [6.45, 7) is 9.37. The molecular formula is C16H24N2O3. The third-order valence-corrected chi connectivity index (χ3v) is 3.11. The number of carbonyl (C=O) groups is 2. The smallest absolute Gasteiger partial charge is 0.337 e. The molecule has 0 aromatic heterocycles. The van der Waals surface area contributed by atoms with Crippen molar-refractivity contribution in [2.75, 3.05) is 18.4 Å². The predicted octanol–water partition coefficient (Wildman–Crippen LogP) is 2.69. The number of aromatic carboxylic acids is 1. The van der Waals surface area contributed by atoms with E-state index in [1.807, 2.05) is 13.8 Å². The van der Waals surface area contributed by atoms with Crippen LogP contribution in [0.3, 0.4) is 0 Å². The standard InChI is InChI=1S/C16H24N2O3/c1-11(2)9-18(12(3)4)10-15(19)17-14-8-6-5-7-13(14)16(20)21/h5-8,11-12H,9-10H2,1-4H3,(H,17,19)(H,20,21). The Balaban J connectivity index is 2.75. The number of carboxylic acid groups (broad SMARTS) is 1. The van der Waals surface area contributed by atoms with Crippen molar-refractivity contribution in [3.8, 4) is 0 Å². The molecule has 0 fully saturated rings. The Bertz CT molecular complexity index is 498. The number of rotatable bonds is 7. The second-order valence-electron chi connectivity index (χ2n) is 5.82. The van der Waals surface area contributed by atoms with Crippen LogP contribution in [-0.2, 0) is 4.79 Å². The lowest BCUT2D eigenvalue weighted by molar-refractivity contribution is -0.117. The van der Waals surface area contributed by atoms with E-state index in [-0.39, 0.29) is 24.1 Å². The largest absolute Gasteiger partial charge is 0.478 e. The Morgan fingerprint density at radius 1 is 1.19 bits per heavy atom. The van der Waals surface area contributed by atoms with Gasteiger partial charge in [0.25, 0.3) is 0 Å². The van der Waals surface area contributed by atoms with E-state index in [1.165, 1.54) is 6.07 Å². The highest BCUT2D eigenvalue weighted by Gasteiger charge is 2.17. The zero-order valence-electron chi connectivity index (χ0n) is 13.1. The molecule has 1 aromatic carbocycles. The van der Waals surface area contributed by atoms with E-state index < -0.39 is 5.97 Å². The van der Waals surface area contributed by atoms with Gasteiger partial charge in [-0.05, 0) is 31.9 Å². The Kier molecular flexibility index (Phi) is 6.37. The summed E-state index contributed by atoms with van der Waals surface area (Å²) in [6, 6.07) is 6.68. The van der Waals surface area contributed by atoms with Gasteiger partial charge in [-0.3, -0.25) is 9.69 Å². The van der Waals surface area contributed by atoms with E-state index in [0.29, 0.717) is 11.6 Å². The lowest BCUT2D eigenvalue weighted by atomic mass is 10.1. The molecular weight excluding hydrogens is 268 g/mol. The molecule has 0 aliphatic rings. The van der Waals surface area contributed by atoms with E-state index in [1.54, 1.807) is 18.2 Å². The monoisotopic (exact) mass is 292 g/mol. The average molecular weight is 292 g/mol. The topological polar surface area (TPSA) is 69.6 Å². The normalized spacial score (nSPS) is 11.2. The molecule has 5 nitrogen and oxygen atoms in total. The molecule has 21 heavy (non-hydrogen) atoms. The lowest BCUT2D eigenvalue weighted by Crippen LogP contribution is -2.40. The first kappa shape index (κ1) is 17.2. The van der Waals surface area contributed by atoms with Crippen LogP contribution in [0.2, 0.25) is 0 Å². The summed E-state index contributed by atoms with van der Waals surface area (Å²) in [5, 5.41) is 11.8. The first-order chi connectivity index (χ1) is 9.81. The SMILES string of the molecule is CC(C)CN(CC(=O)Nc1ccccc1C(=O)O)C(C)C. The van der Waals surface area contributed by atoms with Gasteiger partial charge in [-0.25, -0.2) is 4.79 Å². The quantitative estimate of drug-likeness (QED) is 0.810. The molecule has 0 saturated heterocycles. The molecule has 5 heteroatoms. The van der Waals surface area contributed by atoms with Crippen molar-refractivity contribution in [3.05, 3.63) is 29.8 Å². The van der Waals surface area contributed by atoms with Crippen LogP contribution in [-0.4, -0.2) is 41.0 Å². The molecule has 0 unspecified atom stereocenters. The fraction of sp³-hybridized carbons (Fsp3) is 0.500. The number of hydrogen-bond acceptors (Lipinski definition) is 3. The Morgan fingerprint density at radius 2 is 1.81 bits per heavy atom. The van der Waals surface area contributed by atoms with Gasteiger partial charge in [0, 0.05) is 12.6 Å². The van der Waals surface area contributed by atoms with Gasteiger partial charge in [-0.15, -0.1) is 0 Å². The molecule has 0 atom stereocenters. The second kappa shape index (κ2) is 7.78. The Labute approximate surface area is 126 Å². The lowest BCUT2D eigenvalue weighted by Gasteiger charge is -2.27. The van der Waals surface area contributed by atoms with Gasteiger partial charge < -0.3 is 10.4 Å². The molecule has 1 rings (SSSR count). The third kappa shape index (κ3) is 5.55. The zero-order chi connectivity index (χ0) is 16.0. The fourth-order valence-corrected chi connectivity index (χ4v) is 2.08. The summed E-state index contributed by atoms with van der Waals surface area (Å²) in [4.78, 5) is 25.3. The molecule has 2 N–H and O–H groups in total. The summed E-state index contributed by atoms with van der Waals surface area (Å²) >= 11 is 0. The number of benzene rings is 1. The van der Waals surface area contributed by atoms with E-state index >= 15 is 0 Å². The van der Waals surface area contributed by atoms with Crippen molar-refractivity contribution in [2.45, 2.75) is 33.7 Å². The highest BCUT2D eigenvalue weighted by molar-refractivity contribution is 6.01. The van der Waals surface area contributed by atoms with Gasteiger partial charge in [0.15, 0.2) is 0 Å². The van der Waals surface area contributed by atoms with Gasteiger partial charge in [0.2, 0.25) is 5.91 Å². The van der Waals surface area contributed by atoms with Crippen LogP contribution in [0.15, 0.2) is 24.3 Å². The van der Waals surface area contributed by atoms with Crippen LogP contribution in [0.25, 0.3) is 0 Å². The summed E-state index contributed by atoms with van der Waals surface area (Å²) in [5.41, 5.74) is 0.439. The molecule has 1 amide bonds. The van der Waals surface area contributed by atoms with Crippen LogP contribution in [0.5, 0.6) is 0 Å². The summed E-state index contributed by atoms with van der Waals surface area (Å²) < 4.78 is 0. The third-order valence-electron chi connectivity index (χ3n) is 3.11. The summed E-state index contributed by atoms with van der Waals surface area (Å²) in [7, 11) is 0. The van der Waals surface area contributed by atoms with Crippen LogP contribution < -0.4 is 5.32 Å². The number of nitrogens with zero attached hydrogens (tertiary/aromatic N) is 1. The molecule has 0 aliphatic carbocycles. The Hall–Kier alpha value is -1.88. The summed E-state index contributed by atoms with van der Waals surface area (Å²) in [6.07, 6.45) is 0. The fourth-order valence-electron chi connectivity index (χ4n) is 2.08. The molecule has 0 bridgehead atoms. The maximum Gasteiger partial charge on any atom is 0.337 e. The molecule has 1 aromatic rings. The van der Waals surface area contributed by atoms with E-state index in [0.717, 1.165) is 6.54 Å². The van der Waals surface area contributed by atoms with Gasteiger partial charge in [-0.2, -0.15) is 0 Å². The number of nitrogens with one attached hydrogen (secondary N) is 1. The van der Waals surface area contributed by atoms with Crippen molar-refractivity contribution in [2.24, 2.45) is 5.92 Å². The molecule has 0 spiro atoms. The number of anilines is 1. The molecule has 0 heterocycles. The van der Waals surface area contributed by atoms with Gasteiger partial charge >= 0.3 is 5.97 Å². The van der Waals surface area contributed by atoms with Crippen molar-refractivity contribution in [1.82, 2.24) is 4.90 Å². The minimum Gasteiger partial charge on any atom is -0.478 e. The van der Waals surface area contributed by atoms with E-state index in [4.69, 9.17) is 5.11 Å². The summed E-state index contributed by atoms with van der Waals surface area (Å²) in [5.74, 6) is -0.779. The van der Waals surface area contributed by atoms with Gasteiger partial charge in [-0.1, -0.05) is 26.0 Å². The molecule has 0 radical (unpaired) electrons. The van der Waals surface area contributed by atoms with Crippen molar-refractivity contribution < 1.29 is 14.7 Å². The molecule has 116 valence electrons. The highest BCUT2D eigenvalue weighted by Crippen LogP contribution is 2.15. The zero-order valence-corrected chi connectivity index (χ0v) is 13.1. The first-order valence-corrected chi connectivity index (χ1v) is 7.17. The number of amides is 1. The highest BCUT2D eigenvalue weighted by atomic mass is 16.4. The number of para-hydroxylation sites is 1. The van der Waals surface area contributed by atoms with Crippen LogP contribution in [0, 0.1) is 5.92 Å². The van der Waals surface area contributed by atoms with E-state index in [2.05, 4.69) is 24.1 Å². The predicted molar refractivity (Wildman–Crippen MR) is 83.6 cm³/mol. The Morgan fingerprint density at radius 3 is 2.33 bits per heavy atom. The average Bonchev–Trinajstić information content (AvgIpc) is 2.37. The van der Waals surface area contributed by atoms with Crippen LogP contribution in [0.1, 0.15) is 38.1 Å². The van der Waals surface area contributed by atoms with E-state index in [9.17, 15) is 9.59 Å². The number of hydrogen-bond donors (Lipinski definition) is 2. The molecule has 0 aliphatic heterocycles. The molecule has 0 saturated carbocycles. The van der Waals surface area contributed by atoms with Crippen molar-refractivity contribution >= 4 is 17.6 Å². The van der Waals surface area contributed by atoms with Gasteiger partial charge in [0.1, 0.15) is 0 Å². The number of carbonyl (C=O) groups excluding carboxylic acids is 1.